The molecule has 0 radical (unpaired) electrons. The Morgan fingerprint density at radius 2 is 1.96 bits per heavy atom. The van der Waals surface area contributed by atoms with Crippen LogP contribution in [0.15, 0.2) is 47.4 Å². The quantitative estimate of drug-likeness (QED) is 0.916. The van der Waals surface area contributed by atoms with Crippen molar-refractivity contribution in [2.24, 2.45) is 13.0 Å². The lowest BCUT2D eigenvalue weighted by Gasteiger charge is -2.26. The van der Waals surface area contributed by atoms with Gasteiger partial charge in [0.25, 0.3) is 0 Å². The third-order valence-electron chi connectivity index (χ3n) is 4.78. The van der Waals surface area contributed by atoms with Crippen molar-refractivity contribution >= 4 is 0 Å². The minimum Gasteiger partial charge on any atom is -0.318 e. The van der Waals surface area contributed by atoms with Crippen LogP contribution in [-0.2, 0) is 13.6 Å². The maximum absolute atomic E-state index is 14.3. The minimum absolute atomic E-state index is 0.0183. The highest BCUT2D eigenvalue weighted by Gasteiger charge is 2.27. The fourth-order valence-corrected chi connectivity index (χ4v) is 3.53. The maximum atomic E-state index is 14.3. The van der Waals surface area contributed by atoms with E-state index in [9.17, 15) is 9.18 Å². The molecule has 1 aliphatic carbocycles. The van der Waals surface area contributed by atoms with Crippen molar-refractivity contribution in [1.82, 2.24) is 9.88 Å². The van der Waals surface area contributed by atoms with Crippen LogP contribution < -0.4 is 10.9 Å². The number of rotatable bonds is 5. The molecule has 3 nitrogen and oxygen atoms in total. The van der Waals surface area contributed by atoms with E-state index in [2.05, 4.69) is 5.32 Å². The second kappa shape index (κ2) is 7.09. The number of nitrogens with zero attached hydrogens (tertiary/aromatic N) is 1. The molecular weight excluding hydrogens is 291 g/mol. The van der Waals surface area contributed by atoms with Crippen molar-refractivity contribution in [3.63, 3.8) is 0 Å². The number of benzene rings is 1. The lowest BCUT2D eigenvalue weighted by molar-refractivity contribution is 0.355. The molecule has 0 spiro atoms. The highest BCUT2D eigenvalue weighted by Crippen LogP contribution is 2.36. The molecule has 1 fully saturated rings. The molecule has 0 saturated heterocycles. The van der Waals surface area contributed by atoms with Crippen LogP contribution in [0.1, 0.15) is 42.9 Å². The Morgan fingerprint density at radius 1 is 1.22 bits per heavy atom. The number of aromatic nitrogens is 1. The van der Waals surface area contributed by atoms with E-state index in [-0.39, 0.29) is 17.4 Å². The number of hydrogen-bond donors (Lipinski definition) is 1. The zero-order chi connectivity index (χ0) is 16.2. The van der Waals surface area contributed by atoms with Gasteiger partial charge in [-0.25, -0.2) is 4.39 Å². The molecule has 0 amide bonds. The smallest absolute Gasteiger partial charge is 0.250 e. The summed E-state index contributed by atoms with van der Waals surface area (Å²) in [6.07, 6.45) is 6.55. The molecule has 23 heavy (non-hydrogen) atoms. The number of halogens is 1. The van der Waals surface area contributed by atoms with Gasteiger partial charge in [0.05, 0.1) is 0 Å². The van der Waals surface area contributed by atoms with Crippen LogP contribution in [0.2, 0.25) is 0 Å². The van der Waals surface area contributed by atoms with Crippen molar-refractivity contribution in [3.8, 4) is 0 Å². The van der Waals surface area contributed by atoms with Gasteiger partial charge in [-0.2, -0.15) is 0 Å². The molecule has 1 saturated carbocycles. The molecule has 1 aromatic carbocycles. The standard InChI is InChI=1S/C19H23FN2O/c1-22-13-14(10-11-18(22)23)12-21-19(15-6-2-3-7-15)16-8-4-5-9-17(16)20/h4-5,8-11,13,15,19,21H,2-3,6-7,12H2,1H3. The Bertz CT molecular complexity index is 719. The molecule has 0 bridgehead atoms. The van der Waals surface area contributed by atoms with Crippen LogP contribution in [0.3, 0.4) is 0 Å². The Hall–Kier alpha value is -1.94. The summed E-state index contributed by atoms with van der Waals surface area (Å²) in [7, 11) is 1.75. The minimum atomic E-state index is -0.141. The molecule has 1 N–H and O–H groups in total. The number of nitrogens with one attached hydrogen (secondary N) is 1. The average molecular weight is 314 g/mol. The average Bonchev–Trinajstić information content (AvgIpc) is 3.07. The van der Waals surface area contributed by atoms with Gasteiger partial charge in [-0.3, -0.25) is 4.79 Å². The van der Waals surface area contributed by atoms with Crippen molar-refractivity contribution in [3.05, 3.63) is 69.9 Å². The van der Waals surface area contributed by atoms with Gasteiger partial charge in [-0.1, -0.05) is 37.1 Å². The molecule has 0 aliphatic heterocycles. The van der Waals surface area contributed by atoms with E-state index in [0.717, 1.165) is 24.0 Å². The SMILES string of the molecule is Cn1cc(CNC(c2ccccc2F)C2CCCC2)ccc1=O. The first kappa shape index (κ1) is 15.9. The Balaban J connectivity index is 1.80. The summed E-state index contributed by atoms with van der Waals surface area (Å²) in [4.78, 5) is 11.5. The molecule has 1 aliphatic rings. The second-order valence-corrected chi connectivity index (χ2v) is 6.41. The van der Waals surface area contributed by atoms with Gasteiger partial charge in [-0.15, -0.1) is 0 Å². The van der Waals surface area contributed by atoms with Gasteiger partial charge < -0.3 is 9.88 Å². The second-order valence-electron chi connectivity index (χ2n) is 6.41. The number of aryl methyl sites for hydroxylation is 1. The summed E-state index contributed by atoms with van der Waals surface area (Å²) >= 11 is 0. The Kier molecular flexibility index (Phi) is 4.91. The summed E-state index contributed by atoms with van der Waals surface area (Å²) in [6.45, 7) is 0.629. The first-order valence-corrected chi connectivity index (χ1v) is 8.28. The van der Waals surface area contributed by atoms with Gasteiger partial charge in [0.1, 0.15) is 5.82 Å². The maximum Gasteiger partial charge on any atom is 0.250 e. The van der Waals surface area contributed by atoms with Crippen molar-refractivity contribution in [1.29, 1.82) is 0 Å². The van der Waals surface area contributed by atoms with Gasteiger partial charge >= 0.3 is 0 Å². The van der Waals surface area contributed by atoms with Gasteiger partial charge in [-0.05, 0) is 30.4 Å². The highest BCUT2D eigenvalue weighted by atomic mass is 19.1. The van der Waals surface area contributed by atoms with Gasteiger partial charge in [0.15, 0.2) is 0 Å². The van der Waals surface area contributed by atoms with Gasteiger partial charge in [0, 0.05) is 37.5 Å². The fraction of sp³-hybridized carbons (Fsp3) is 0.421. The van der Waals surface area contributed by atoms with E-state index in [0.29, 0.717) is 12.5 Å². The van der Waals surface area contributed by atoms with Gasteiger partial charge in [0.2, 0.25) is 5.56 Å². The van der Waals surface area contributed by atoms with Crippen molar-refractivity contribution in [2.45, 2.75) is 38.3 Å². The molecule has 1 aromatic heterocycles. The molecule has 4 heteroatoms. The Labute approximate surface area is 136 Å². The largest absolute Gasteiger partial charge is 0.318 e. The zero-order valence-electron chi connectivity index (χ0n) is 13.5. The van der Waals surface area contributed by atoms with Crippen LogP contribution in [0.4, 0.5) is 4.39 Å². The molecule has 3 rings (SSSR count). The zero-order valence-corrected chi connectivity index (χ0v) is 13.5. The van der Waals surface area contributed by atoms with E-state index >= 15 is 0 Å². The predicted octanol–water partition coefficient (Wildman–Crippen LogP) is 3.55. The first-order valence-electron chi connectivity index (χ1n) is 8.28. The lowest BCUT2D eigenvalue weighted by Crippen LogP contribution is -2.28. The third kappa shape index (κ3) is 3.70. The molecule has 122 valence electrons. The van der Waals surface area contributed by atoms with Crippen LogP contribution in [0.25, 0.3) is 0 Å². The molecular formula is C19H23FN2O. The molecule has 2 aromatic rings. The highest BCUT2D eigenvalue weighted by molar-refractivity contribution is 5.23. The van der Waals surface area contributed by atoms with Crippen LogP contribution in [-0.4, -0.2) is 4.57 Å². The first-order chi connectivity index (χ1) is 11.1. The fourth-order valence-electron chi connectivity index (χ4n) is 3.53. The van der Waals surface area contributed by atoms with E-state index in [1.54, 1.807) is 23.7 Å². The molecule has 1 unspecified atom stereocenters. The summed E-state index contributed by atoms with van der Waals surface area (Å²) in [5.41, 5.74) is 1.77. The normalized spacial score (nSPS) is 16.6. The predicted molar refractivity (Wildman–Crippen MR) is 89.6 cm³/mol. The summed E-state index contributed by atoms with van der Waals surface area (Å²) in [5, 5.41) is 3.53. The summed E-state index contributed by atoms with van der Waals surface area (Å²) < 4.78 is 15.8. The van der Waals surface area contributed by atoms with E-state index < -0.39 is 0 Å². The van der Waals surface area contributed by atoms with Crippen LogP contribution in [0.5, 0.6) is 0 Å². The van der Waals surface area contributed by atoms with E-state index in [1.165, 1.54) is 18.9 Å². The molecule has 1 atom stereocenters. The van der Waals surface area contributed by atoms with Crippen LogP contribution >= 0.6 is 0 Å². The summed E-state index contributed by atoms with van der Waals surface area (Å²) in [6, 6.07) is 10.5. The molecule has 1 heterocycles. The Morgan fingerprint density at radius 3 is 2.65 bits per heavy atom. The van der Waals surface area contributed by atoms with Crippen LogP contribution in [0, 0.1) is 11.7 Å². The number of hydrogen-bond acceptors (Lipinski definition) is 2. The topological polar surface area (TPSA) is 34.0 Å². The van der Waals surface area contributed by atoms with Crippen molar-refractivity contribution in [2.75, 3.05) is 0 Å². The number of pyridine rings is 1. The third-order valence-corrected chi connectivity index (χ3v) is 4.78. The van der Waals surface area contributed by atoms with E-state index in [1.807, 2.05) is 24.4 Å². The summed E-state index contributed by atoms with van der Waals surface area (Å²) in [5.74, 6) is 0.330. The van der Waals surface area contributed by atoms with E-state index in [4.69, 9.17) is 0 Å². The van der Waals surface area contributed by atoms with Crippen molar-refractivity contribution < 1.29 is 4.39 Å². The monoisotopic (exact) mass is 314 g/mol. The lowest BCUT2D eigenvalue weighted by atomic mass is 9.91.